The Bertz CT molecular complexity index is 921. The second-order valence-electron chi connectivity index (χ2n) is 9.76. The van der Waals surface area contributed by atoms with Crippen LogP contribution in [0.5, 0.6) is 0 Å². The van der Waals surface area contributed by atoms with Crippen LogP contribution in [-0.2, 0) is 9.59 Å². The standard InChI is InChI=1S/C23H29Cl2F2N3O2/c1-12(31)29-17-10-13(9-16(17)28-2)21(32)30-20(18-15(26)4-3-14(24)19(18)25)22-5-7-23(27,11-22)8-6-22/h3-4,13,16-17,20,28H,5-11H2,1-2H3,(H,29,31)(H,30,32)/t13-,16+,17-,20+,22?,23?/m0/s1. The van der Waals surface area contributed by atoms with E-state index in [0.29, 0.717) is 38.5 Å². The lowest BCUT2D eigenvalue weighted by Gasteiger charge is -2.38. The summed E-state index contributed by atoms with van der Waals surface area (Å²) in [6, 6.07) is 1.64. The lowest BCUT2D eigenvalue weighted by molar-refractivity contribution is -0.127. The molecule has 2 amide bonds. The molecule has 3 saturated carbocycles. The SMILES string of the molecule is CN[C@@H]1C[C@H](C(=O)N[C@H](c2c(F)ccc(Cl)c2Cl)C23CCC(F)(CC2)C3)C[C@@H]1NC(C)=O. The molecule has 1 aromatic carbocycles. The van der Waals surface area contributed by atoms with E-state index in [-0.39, 0.29) is 51.8 Å². The summed E-state index contributed by atoms with van der Waals surface area (Å²) in [5.41, 5.74) is -1.73. The van der Waals surface area contributed by atoms with Crippen LogP contribution in [0.2, 0.25) is 10.0 Å². The average molecular weight is 488 g/mol. The van der Waals surface area contributed by atoms with Crippen LogP contribution in [-0.4, -0.2) is 36.6 Å². The first-order valence-corrected chi connectivity index (χ1v) is 11.9. The first-order chi connectivity index (χ1) is 15.1. The van der Waals surface area contributed by atoms with E-state index in [2.05, 4.69) is 16.0 Å². The molecule has 3 fully saturated rings. The molecule has 2 bridgehead atoms. The summed E-state index contributed by atoms with van der Waals surface area (Å²) in [4.78, 5) is 24.9. The molecule has 5 nitrogen and oxygen atoms in total. The maximum absolute atomic E-state index is 15.1. The van der Waals surface area contributed by atoms with Crippen LogP contribution in [0.3, 0.4) is 0 Å². The van der Waals surface area contributed by atoms with E-state index >= 15 is 8.78 Å². The van der Waals surface area contributed by atoms with Gasteiger partial charge in [0.15, 0.2) is 0 Å². The van der Waals surface area contributed by atoms with Crippen molar-refractivity contribution in [3.8, 4) is 0 Å². The number of hydrogen-bond acceptors (Lipinski definition) is 3. The van der Waals surface area contributed by atoms with Gasteiger partial charge in [0.1, 0.15) is 11.5 Å². The first-order valence-electron chi connectivity index (χ1n) is 11.1. The Hall–Kier alpha value is -1.44. The van der Waals surface area contributed by atoms with Crippen LogP contribution in [0, 0.1) is 17.2 Å². The van der Waals surface area contributed by atoms with Crippen molar-refractivity contribution in [3.63, 3.8) is 0 Å². The van der Waals surface area contributed by atoms with Crippen molar-refractivity contribution >= 4 is 35.0 Å². The maximum atomic E-state index is 15.1. The zero-order valence-electron chi connectivity index (χ0n) is 18.2. The number of halogens is 4. The van der Waals surface area contributed by atoms with E-state index in [1.807, 2.05) is 0 Å². The molecule has 0 saturated heterocycles. The fourth-order valence-corrected chi connectivity index (χ4v) is 6.59. The predicted molar refractivity (Wildman–Crippen MR) is 120 cm³/mol. The average Bonchev–Trinajstić information content (AvgIpc) is 3.40. The van der Waals surface area contributed by atoms with Gasteiger partial charge in [-0.1, -0.05) is 23.2 Å². The zero-order chi connectivity index (χ0) is 23.3. The van der Waals surface area contributed by atoms with Gasteiger partial charge in [0.25, 0.3) is 0 Å². The van der Waals surface area contributed by atoms with E-state index in [4.69, 9.17) is 23.2 Å². The van der Waals surface area contributed by atoms with Crippen LogP contribution in [0.25, 0.3) is 0 Å². The predicted octanol–water partition coefficient (Wildman–Crippen LogP) is 4.46. The Morgan fingerprint density at radius 2 is 1.78 bits per heavy atom. The quantitative estimate of drug-likeness (QED) is 0.518. The molecule has 0 aromatic heterocycles. The number of nitrogens with one attached hydrogen (secondary N) is 3. The minimum absolute atomic E-state index is 0.0470. The van der Waals surface area contributed by atoms with Crippen LogP contribution < -0.4 is 16.0 Å². The molecule has 0 radical (unpaired) electrons. The second-order valence-corrected chi connectivity index (χ2v) is 10.5. The van der Waals surface area contributed by atoms with Crippen molar-refractivity contribution in [1.29, 1.82) is 0 Å². The number of alkyl halides is 1. The zero-order valence-corrected chi connectivity index (χ0v) is 19.8. The fraction of sp³-hybridized carbons (Fsp3) is 0.652. The molecule has 0 heterocycles. The Labute approximate surface area is 197 Å². The third-order valence-corrected chi connectivity index (χ3v) is 8.59. The van der Waals surface area contributed by atoms with Gasteiger partial charge in [-0.05, 0) is 69.5 Å². The van der Waals surface area contributed by atoms with E-state index in [0.717, 1.165) is 0 Å². The normalized spacial score (nSPS) is 34.5. The summed E-state index contributed by atoms with van der Waals surface area (Å²) in [6.45, 7) is 1.45. The van der Waals surface area contributed by atoms with Gasteiger partial charge in [-0.2, -0.15) is 0 Å². The molecule has 1 aromatic rings. The van der Waals surface area contributed by atoms with Crippen LogP contribution in [0.15, 0.2) is 12.1 Å². The van der Waals surface area contributed by atoms with E-state index < -0.39 is 22.9 Å². The molecule has 3 N–H and O–H groups in total. The van der Waals surface area contributed by atoms with Gasteiger partial charge in [-0.3, -0.25) is 9.59 Å². The van der Waals surface area contributed by atoms with Gasteiger partial charge in [0.05, 0.1) is 16.1 Å². The minimum atomic E-state index is -1.27. The van der Waals surface area contributed by atoms with Crippen LogP contribution in [0.1, 0.15) is 63.5 Å². The molecule has 0 aliphatic heterocycles. The largest absolute Gasteiger partial charge is 0.352 e. The lowest BCUT2D eigenvalue weighted by Crippen LogP contribution is -2.44. The fourth-order valence-electron chi connectivity index (χ4n) is 6.16. The summed E-state index contributed by atoms with van der Waals surface area (Å²) >= 11 is 12.6. The number of hydrogen-bond donors (Lipinski definition) is 3. The van der Waals surface area contributed by atoms with Gasteiger partial charge >= 0.3 is 0 Å². The summed E-state index contributed by atoms with van der Waals surface area (Å²) in [6.07, 6.45) is 3.17. The molecule has 3 aliphatic carbocycles. The first kappa shape index (κ1) is 23.7. The summed E-state index contributed by atoms with van der Waals surface area (Å²) < 4.78 is 30.1. The molecule has 4 atom stereocenters. The monoisotopic (exact) mass is 487 g/mol. The van der Waals surface area contributed by atoms with Crippen LogP contribution >= 0.6 is 23.2 Å². The highest BCUT2D eigenvalue weighted by molar-refractivity contribution is 6.42. The van der Waals surface area contributed by atoms with Crippen molar-refractivity contribution in [3.05, 3.63) is 33.6 Å². The van der Waals surface area contributed by atoms with E-state index in [1.54, 1.807) is 7.05 Å². The smallest absolute Gasteiger partial charge is 0.223 e. The molecule has 0 unspecified atom stereocenters. The number of carbonyl (C=O) groups excluding carboxylic acids is 2. The number of likely N-dealkylation sites (N-methyl/N-ethyl adjacent to an activating group) is 1. The number of benzene rings is 1. The minimum Gasteiger partial charge on any atom is -0.352 e. The van der Waals surface area contributed by atoms with Gasteiger partial charge < -0.3 is 16.0 Å². The Morgan fingerprint density at radius 3 is 2.34 bits per heavy atom. The lowest BCUT2D eigenvalue weighted by atomic mass is 9.74. The molecule has 0 spiro atoms. The number of rotatable bonds is 6. The molecule has 176 valence electrons. The second kappa shape index (κ2) is 8.73. The number of fused-ring (bicyclic) bond motifs is 2. The third kappa shape index (κ3) is 4.24. The number of amides is 2. The molecule has 32 heavy (non-hydrogen) atoms. The topological polar surface area (TPSA) is 70.2 Å². The van der Waals surface area contributed by atoms with Crippen molar-refractivity contribution in [2.24, 2.45) is 11.3 Å². The van der Waals surface area contributed by atoms with Gasteiger partial charge in [0.2, 0.25) is 11.8 Å². The summed E-state index contributed by atoms with van der Waals surface area (Å²) in [5.74, 6) is -1.33. The molecule has 3 aliphatic rings. The summed E-state index contributed by atoms with van der Waals surface area (Å²) in [5, 5.41) is 9.36. The highest BCUT2D eigenvalue weighted by Gasteiger charge is 2.59. The number of carbonyl (C=O) groups is 2. The van der Waals surface area contributed by atoms with Gasteiger partial charge in [-0.15, -0.1) is 0 Å². The highest BCUT2D eigenvalue weighted by Crippen LogP contribution is 2.64. The van der Waals surface area contributed by atoms with Crippen molar-refractivity contribution in [1.82, 2.24) is 16.0 Å². The van der Waals surface area contributed by atoms with Crippen molar-refractivity contribution in [2.75, 3.05) is 7.05 Å². The molecule has 4 rings (SSSR count). The Morgan fingerprint density at radius 1 is 1.12 bits per heavy atom. The summed E-state index contributed by atoms with van der Waals surface area (Å²) in [7, 11) is 1.79. The van der Waals surface area contributed by atoms with Crippen LogP contribution in [0.4, 0.5) is 8.78 Å². The van der Waals surface area contributed by atoms with E-state index in [9.17, 15) is 9.59 Å². The van der Waals surface area contributed by atoms with E-state index in [1.165, 1.54) is 19.1 Å². The molecular weight excluding hydrogens is 459 g/mol. The van der Waals surface area contributed by atoms with Crippen molar-refractivity contribution < 1.29 is 18.4 Å². The Kier molecular flexibility index (Phi) is 6.47. The van der Waals surface area contributed by atoms with Crippen molar-refractivity contribution in [2.45, 2.75) is 75.7 Å². The maximum Gasteiger partial charge on any atom is 0.223 e. The molecular formula is C23H29Cl2F2N3O2. The third-order valence-electron chi connectivity index (χ3n) is 7.77. The van der Waals surface area contributed by atoms with Gasteiger partial charge in [-0.25, -0.2) is 8.78 Å². The Balaban J connectivity index is 1.63. The highest BCUT2D eigenvalue weighted by atomic mass is 35.5. The van der Waals surface area contributed by atoms with Gasteiger partial charge in [0, 0.05) is 30.5 Å². The molecule has 9 heteroatoms.